The van der Waals surface area contributed by atoms with Gasteiger partial charge < -0.3 is 9.63 Å². The van der Waals surface area contributed by atoms with Gasteiger partial charge >= 0.3 is 0 Å². The van der Waals surface area contributed by atoms with E-state index in [1.165, 1.54) is 11.4 Å². The Morgan fingerprint density at radius 2 is 1.76 bits per heavy atom. The molecule has 0 fully saturated rings. The highest BCUT2D eigenvalue weighted by Gasteiger charge is 2.28. The standard InChI is InChI=1S/C14H18N2O4S/c1-10-14(11(2)20-15-10)21(18,19)16(3)8-12-4-6-13(9-17)7-5-12/h4-7,17H,8-9H2,1-3H3. The van der Waals surface area contributed by atoms with E-state index in [1.54, 1.807) is 38.1 Å². The van der Waals surface area contributed by atoms with Crippen molar-refractivity contribution >= 4 is 10.0 Å². The smallest absolute Gasteiger partial charge is 0.248 e. The van der Waals surface area contributed by atoms with Crippen molar-refractivity contribution in [1.29, 1.82) is 0 Å². The van der Waals surface area contributed by atoms with Crippen molar-refractivity contribution in [2.45, 2.75) is 31.9 Å². The Kier molecular flexibility index (Phi) is 4.46. The number of aryl methyl sites for hydroxylation is 2. The molecule has 0 saturated heterocycles. The van der Waals surface area contributed by atoms with Crippen molar-refractivity contribution in [2.24, 2.45) is 0 Å². The molecule has 0 saturated carbocycles. The molecule has 0 unspecified atom stereocenters. The van der Waals surface area contributed by atoms with Gasteiger partial charge in [-0.25, -0.2) is 8.42 Å². The highest BCUT2D eigenvalue weighted by molar-refractivity contribution is 7.89. The normalized spacial score (nSPS) is 12.0. The van der Waals surface area contributed by atoms with Crippen LogP contribution in [0.5, 0.6) is 0 Å². The van der Waals surface area contributed by atoms with Crippen molar-refractivity contribution in [1.82, 2.24) is 9.46 Å². The summed E-state index contributed by atoms with van der Waals surface area (Å²) in [6.07, 6.45) is 0. The van der Waals surface area contributed by atoms with Crippen LogP contribution in [0.15, 0.2) is 33.7 Å². The third-order valence-corrected chi connectivity index (χ3v) is 5.30. The summed E-state index contributed by atoms with van der Waals surface area (Å²) >= 11 is 0. The fourth-order valence-corrected chi connectivity index (χ4v) is 3.53. The number of sulfonamides is 1. The molecule has 0 amide bonds. The zero-order valence-corrected chi connectivity index (χ0v) is 13.0. The van der Waals surface area contributed by atoms with Gasteiger partial charge in [0.15, 0.2) is 5.76 Å². The Labute approximate surface area is 124 Å². The molecule has 0 atom stereocenters. The summed E-state index contributed by atoms with van der Waals surface area (Å²) in [5, 5.41) is 12.7. The van der Waals surface area contributed by atoms with Crippen molar-refractivity contribution in [3.05, 3.63) is 46.8 Å². The molecule has 0 aliphatic heterocycles. The maximum absolute atomic E-state index is 12.5. The van der Waals surface area contributed by atoms with Crippen LogP contribution in [0.3, 0.4) is 0 Å². The van der Waals surface area contributed by atoms with Crippen molar-refractivity contribution in [2.75, 3.05) is 7.05 Å². The van der Waals surface area contributed by atoms with E-state index in [2.05, 4.69) is 5.16 Å². The van der Waals surface area contributed by atoms with Crippen LogP contribution in [0.25, 0.3) is 0 Å². The first-order valence-electron chi connectivity index (χ1n) is 6.44. The molecular formula is C14H18N2O4S. The van der Waals surface area contributed by atoms with E-state index in [4.69, 9.17) is 9.63 Å². The monoisotopic (exact) mass is 310 g/mol. The van der Waals surface area contributed by atoms with Crippen LogP contribution in [-0.4, -0.2) is 30.0 Å². The minimum atomic E-state index is -3.64. The van der Waals surface area contributed by atoms with Crippen LogP contribution in [0.4, 0.5) is 0 Å². The molecule has 21 heavy (non-hydrogen) atoms. The second-order valence-electron chi connectivity index (χ2n) is 4.89. The van der Waals surface area contributed by atoms with E-state index >= 15 is 0 Å². The second kappa shape index (κ2) is 5.97. The fraction of sp³-hybridized carbons (Fsp3) is 0.357. The molecule has 6 nitrogen and oxygen atoms in total. The summed E-state index contributed by atoms with van der Waals surface area (Å²) in [7, 11) is -2.13. The number of aromatic nitrogens is 1. The first-order valence-corrected chi connectivity index (χ1v) is 7.88. The lowest BCUT2D eigenvalue weighted by Crippen LogP contribution is -2.27. The van der Waals surface area contributed by atoms with Gasteiger partial charge in [0.05, 0.1) is 6.61 Å². The van der Waals surface area contributed by atoms with Gasteiger partial charge in [-0.3, -0.25) is 0 Å². The summed E-state index contributed by atoms with van der Waals surface area (Å²) < 4.78 is 31.3. The summed E-state index contributed by atoms with van der Waals surface area (Å²) in [4.78, 5) is 0.122. The van der Waals surface area contributed by atoms with Gasteiger partial charge in [-0.15, -0.1) is 0 Å². The third-order valence-electron chi connectivity index (χ3n) is 3.25. The van der Waals surface area contributed by atoms with Crippen LogP contribution in [0.1, 0.15) is 22.6 Å². The number of hydrogen-bond acceptors (Lipinski definition) is 5. The van der Waals surface area contributed by atoms with Gasteiger partial charge in [-0.05, 0) is 25.0 Å². The summed E-state index contributed by atoms with van der Waals surface area (Å²) in [5.74, 6) is 0.287. The topological polar surface area (TPSA) is 83.6 Å². The quantitative estimate of drug-likeness (QED) is 0.907. The molecule has 1 aromatic heterocycles. The summed E-state index contributed by atoms with van der Waals surface area (Å²) in [5.41, 5.74) is 1.98. The molecule has 0 aliphatic carbocycles. The molecule has 0 aliphatic rings. The molecule has 0 spiro atoms. The molecule has 2 aromatic rings. The van der Waals surface area contributed by atoms with Crippen molar-refractivity contribution < 1.29 is 18.0 Å². The minimum absolute atomic E-state index is 0.0342. The molecular weight excluding hydrogens is 292 g/mol. The van der Waals surface area contributed by atoms with Gasteiger partial charge in [0.2, 0.25) is 10.0 Å². The van der Waals surface area contributed by atoms with E-state index in [9.17, 15) is 8.42 Å². The number of aliphatic hydroxyl groups excluding tert-OH is 1. The largest absolute Gasteiger partial charge is 0.392 e. The second-order valence-corrected chi connectivity index (χ2v) is 6.87. The maximum Gasteiger partial charge on any atom is 0.248 e. The lowest BCUT2D eigenvalue weighted by Gasteiger charge is -2.17. The van der Waals surface area contributed by atoms with E-state index in [-0.39, 0.29) is 23.8 Å². The van der Waals surface area contributed by atoms with Gasteiger partial charge in [0.25, 0.3) is 0 Å². The highest BCUT2D eigenvalue weighted by Crippen LogP contribution is 2.23. The lowest BCUT2D eigenvalue weighted by molar-refractivity contribution is 0.282. The van der Waals surface area contributed by atoms with E-state index in [1.807, 2.05) is 0 Å². The van der Waals surface area contributed by atoms with Crippen molar-refractivity contribution in [3.63, 3.8) is 0 Å². The van der Waals surface area contributed by atoms with E-state index in [0.717, 1.165) is 11.1 Å². The van der Waals surface area contributed by atoms with Crippen molar-refractivity contribution in [3.8, 4) is 0 Å². The number of aliphatic hydroxyl groups is 1. The molecule has 0 bridgehead atoms. The van der Waals surface area contributed by atoms with Crippen LogP contribution in [0, 0.1) is 13.8 Å². The predicted molar refractivity (Wildman–Crippen MR) is 77.0 cm³/mol. The number of benzene rings is 1. The molecule has 1 aromatic carbocycles. The van der Waals surface area contributed by atoms with Crippen LogP contribution in [0.2, 0.25) is 0 Å². The molecule has 7 heteroatoms. The average Bonchev–Trinajstić information content (AvgIpc) is 2.79. The maximum atomic E-state index is 12.5. The van der Waals surface area contributed by atoms with Crippen LogP contribution in [-0.2, 0) is 23.2 Å². The van der Waals surface area contributed by atoms with Crippen LogP contribution >= 0.6 is 0 Å². The van der Waals surface area contributed by atoms with Crippen LogP contribution < -0.4 is 0 Å². The van der Waals surface area contributed by atoms with E-state index < -0.39 is 10.0 Å². The Morgan fingerprint density at radius 3 is 2.24 bits per heavy atom. The Hall–Kier alpha value is -1.70. The number of rotatable bonds is 5. The average molecular weight is 310 g/mol. The molecule has 0 radical (unpaired) electrons. The van der Waals surface area contributed by atoms with Gasteiger partial charge in [0, 0.05) is 13.6 Å². The molecule has 114 valence electrons. The SMILES string of the molecule is Cc1noc(C)c1S(=O)(=O)N(C)Cc1ccc(CO)cc1. The summed E-state index contributed by atoms with van der Waals surface area (Å²) in [6.45, 7) is 3.38. The summed E-state index contributed by atoms with van der Waals surface area (Å²) in [6, 6.07) is 7.13. The Morgan fingerprint density at radius 1 is 1.19 bits per heavy atom. The lowest BCUT2D eigenvalue weighted by atomic mass is 10.1. The fourth-order valence-electron chi connectivity index (χ4n) is 2.09. The number of nitrogens with zero attached hydrogens (tertiary/aromatic N) is 2. The van der Waals surface area contributed by atoms with Gasteiger partial charge in [-0.2, -0.15) is 4.31 Å². The zero-order chi connectivity index (χ0) is 15.6. The predicted octanol–water partition coefficient (Wildman–Crippen LogP) is 1.60. The first kappa shape index (κ1) is 15.7. The Bertz CT molecular complexity index is 700. The van der Waals surface area contributed by atoms with Gasteiger partial charge in [0.1, 0.15) is 10.6 Å². The minimum Gasteiger partial charge on any atom is -0.392 e. The molecule has 1 N–H and O–H groups in total. The highest BCUT2D eigenvalue weighted by atomic mass is 32.2. The van der Waals surface area contributed by atoms with Gasteiger partial charge in [-0.1, -0.05) is 29.4 Å². The number of hydrogen-bond donors (Lipinski definition) is 1. The van der Waals surface area contributed by atoms with E-state index in [0.29, 0.717) is 5.69 Å². The molecule has 2 rings (SSSR count). The zero-order valence-electron chi connectivity index (χ0n) is 12.2. The Balaban J connectivity index is 2.24. The third kappa shape index (κ3) is 3.15. The first-order chi connectivity index (χ1) is 9.86. The molecule has 1 heterocycles.